The summed E-state index contributed by atoms with van der Waals surface area (Å²) < 4.78 is 15.8. The second-order valence-corrected chi connectivity index (χ2v) is 4.39. The van der Waals surface area contributed by atoms with Crippen LogP contribution < -0.4 is 10.1 Å². The van der Waals surface area contributed by atoms with Crippen LogP contribution in [0.4, 0.5) is 0 Å². The molecule has 0 aliphatic rings. The summed E-state index contributed by atoms with van der Waals surface area (Å²) in [5.74, 6) is 0.888. The van der Waals surface area contributed by atoms with Crippen LogP contribution in [0.1, 0.15) is 18.9 Å². The van der Waals surface area contributed by atoms with Gasteiger partial charge in [0.1, 0.15) is 5.75 Å². The van der Waals surface area contributed by atoms with Gasteiger partial charge in [-0.15, -0.1) is 0 Å². The van der Waals surface area contributed by atoms with Gasteiger partial charge in [0, 0.05) is 14.2 Å². The molecule has 1 N–H and O–H groups in total. The molecule has 0 aliphatic heterocycles. The predicted octanol–water partition coefficient (Wildman–Crippen LogP) is 2.22. The van der Waals surface area contributed by atoms with Crippen molar-refractivity contribution in [2.24, 2.45) is 0 Å². The summed E-state index contributed by atoms with van der Waals surface area (Å²) in [5, 5.41) is 3.40. The highest BCUT2D eigenvalue weighted by atomic mass is 16.7. The van der Waals surface area contributed by atoms with Crippen LogP contribution in [0.3, 0.4) is 0 Å². The van der Waals surface area contributed by atoms with E-state index in [1.54, 1.807) is 21.3 Å². The zero-order valence-electron chi connectivity index (χ0n) is 12.3. The smallest absolute Gasteiger partial charge is 0.171 e. The van der Waals surface area contributed by atoms with Crippen LogP contribution in [0.15, 0.2) is 24.3 Å². The highest BCUT2D eigenvalue weighted by molar-refractivity contribution is 5.27. The molecule has 0 aliphatic carbocycles. The minimum Gasteiger partial charge on any atom is -0.497 e. The number of methoxy groups -OCH3 is 3. The third kappa shape index (κ3) is 5.19. The summed E-state index contributed by atoms with van der Waals surface area (Å²) in [4.78, 5) is 0. The summed E-state index contributed by atoms with van der Waals surface area (Å²) in [6.45, 7) is 2.99. The zero-order chi connectivity index (χ0) is 14.1. The van der Waals surface area contributed by atoms with E-state index in [9.17, 15) is 0 Å². The SMILES string of the molecule is CCNC(CCc1ccc(OC)cc1)C(OC)OC. The Morgan fingerprint density at radius 2 is 1.68 bits per heavy atom. The lowest BCUT2D eigenvalue weighted by molar-refractivity contribution is -0.123. The third-order valence-corrected chi connectivity index (χ3v) is 3.16. The number of likely N-dealkylation sites (N-methyl/N-ethyl adjacent to an activating group) is 1. The molecule has 0 saturated heterocycles. The molecule has 0 bridgehead atoms. The van der Waals surface area contributed by atoms with Gasteiger partial charge < -0.3 is 19.5 Å². The summed E-state index contributed by atoms with van der Waals surface area (Å²) in [7, 11) is 5.02. The van der Waals surface area contributed by atoms with Crippen molar-refractivity contribution in [2.45, 2.75) is 32.1 Å². The molecule has 0 spiro atoms. The van der Waals surface area contributed by atoms with E-state index in [0.717, 1.165) is 25.1 Å². The summed E-state index contributed by atoms with van der Waals surface area (Å²) in [6.07, 6.45) is 1.73. The molecule has 19 heavy (non-hydrogen) atoms. The van der Waals surface area contributed by atoms with Crippen molar-refractivity contribution in [3.8, 4) is 5.75 Å². The minimum absolute atomic E-state index is 0.196. The Bertz CT molecular complexity index is 336. The molecule has 0 aromatic heterocycles. The van der Waals surface area contributed by atoms with Crippen molar-refractivity contribution >= 4 is 0 Å². The normalized spacial score (nSPS) is 12.7. The Balaban J connectivity index is 2.54. The fraction of sp³-hybridized carbons (Fsp3) is 0.600. The van der Waals surface area contributed by atoms with Crippen LogP contribution >= 0.6 is 0 Å². The van der Waals surface area contributed by atoms with Crippen molar-refractivity contribution in [3.63, 3.8) is 0 Å². The Hall–Kier alpha value is -1.10. The zero-order valence-corrected chi connectivity index (χ0v) is 12.3. The molecule has 0 amide bonds. The second-order valence-electron chi connectivity index (χ2n) is 4.39. The average molecular weight is 267 g/mol. The molecule has 4 heteroatoms. The lowest BCUT2D eigenvalue weighted by atomic mass is 10.0. The molecule has 1 aromatic carbocycles. The highest BCUT2D eigenvalue weighted by Gasteiger charge is 2.19. The molecule has 0 fully saturated rings. The van der Waals surface area contributed by atoms with Gasteiger partial charge in [-0.25, -0.2) is 0 Å². The van der Waals surface area contributed by atoms with Crippen molar-refractivity contribution in [1.29, 1.82) is 0 Å². The van der Waals surface area contributed by atoms with Gasteiger partial charge in [-0.1, -0.05) is 19.1 Å². The van der Waals surface area contributed by atoms with Crippen molar-refractivity contribution in [1.82, 2.24) is 5.32 Å². The number of aryl methyl sites for hydroxylation is 1. The minimum atomic E-state index is -0.210. The van der Waals surface area contributed by atoms with E-state index in [-0.39, 0.29) is 12.3 Å². The number of hydrogen-bond donors (Lipinski definition) is 1. The van der Waals surface area contributed by atoms with E-state index >= 15 is 0 Å². The first-order chi connectivity index (χ1) is 9.24. The lowest BCUT2D eigenvalue weighted by Crippen LogP contribution is -2.42. The first kappa shape index (κ1) is 16.0. The van der Waals surface area contributed by atoms with Gasteiger partial charge in [0.25, 0.3) is 0 Å². The standard InChI is InChI=1S/C15H25NO3/c1-5-16-14(15(18-3)19-4)11-8-12-6-9-13(17-2)10-7-12/h6-7,9-10,14-16H,5,8,11H2,1-4H3. The van der Waals surface area contributed by atoms with Crippen molar-refractivity contribution in [3.05, 3.63) is 29.8 Å². The molecule has 0 saturated carbocycles. The third-order valence-electron chi connectivity index (χ3n) is 3.16. The van der Waals surface area contributed by atoms with Crippen LogP contribution in [0.25, 0.3) is 0 Å². The Morgan fingerprint density at radius 3 is 2.16 bits per heavy atom. The first-order valence-corrected chi connectivity index (χ1v) is 6.67. The average Bonchev–Trinajstić information content (AvgIpc) is 2.46. The van der Waals surface area contributed by atoms with Gasteiger partial charge in [0.15, 0.2) is 6.29 Å². The molecule has 1 rings (SSSR count). The van der Waals surface area contributed by atoms with Crippen molar-refractivity contribution < 1.29 is 14.2 Å². The van der Waals surface area contributed by atoms with Crippen LogP contribution in [0.5, 0.6) is 5.75 Å². The van der Waals surface area contributed by atoms with Gasteiger partial charge >= 0.3 is 0 Å². The molecule has 1 atom stereocenters. The monoisotopic (exact) mass is 267 g/mol. The van der Waals surface area contributed by atoms with Crippen molar-refractivity contribution in [2.75, 3.05) is 27.9 Å². The van der Waals surface area contributed by atoms with Gasteiger partial charge in [-0.05, 0) is 37.1 Å². The molecule has 0 heterocycles. The van der Waals surface area contributed by atoms with E-state index in [0.29, 0.717) is 0 Å². The summed E-state index contributed by atoms with van der Waals surface area (Å²) >= 11 is 0. The number of benzene rings is 1. The van der Waals surface area contributed by atoms with Crippen LogP contribution in [0.2, 0.25) is 0 Å². The second kappa shape index (κ2) is 8.91. The topological polar surface area (TPSA) is 39.7 Å². The molecule has 108 valence electrons. The number of hydrogen-bond acceptors (Lipinski definition) is 4. The van der Waals surface area contributed by atoms with Crippen LogP contribution in [-0.4, -0.2) is 40.2 Å². The molecular formula is C15H25NO3. The molecular weight excluding hydrogens is 242 g/mol. The maximum Gasteiger partial charge on any atom is 0.171 e. The molecule has 1 aromatic rings. The molecule has 4 nitrogen and oxygen atoms in total. The highest BCUT2D eigenvalue weighted by Crippen LogP contribution is 2.14. The fourth-order valence-electron chi connectivity index (χ4n) is 2.14. The van der Waals surface area contributed by atoms with Crippen LogP contribution in [0, 0.1) is 0 Å². The van der Waals surface area contributed by atoms with Gasteiger partial charge in [0.05, 0.1) is 13.2 Å². The maximum absolute atomic E-state index is 5.33. The summed E-state index contributed by atoms with van der Waals surface area (Å²) in [6, 6.07) is 8.36. The number of ether oxygens (including phenoxy) is 3. The first-order valence-electron chi connectivity index (χ1n) is 6.67. The fourth-order valence-corrected chi connectivity index (χ4v) is 2.14. The number of nitrogens with one attached hydrogen (secondary N) is 1. The summed E-state index contributed by atoms with van der Waals surface area (Å²) in [5.41, 5.74) is 1.29. The van der Waals surface area contributed by atoms with Gasteiger partial charge in [-0.3, -0.25) is 0 Å². The maximum atomic E-state index is 5.33. The predicted molar refractivity (Wildman–Crippen MR) is 76.6 cm³/mol. The van der Waals surface area contributed by atoms with E-state index in [2.05, 4.69) is 24.4 Å². The van der Waals surface area contributed by atoms with E-state index < -0.39 is 0 Å². The van der Waals surface area contributed by atoms with E-state index in [4.69, 9.17) is 14.2 Å². The van der Waals surface area contributed by atoms with Crippen LogP contribution in [-0.2, 0) is 15.9 Å². The Morgan fingerprint density at radius 1 is 1.05 bits per heavy atom. The van der Waals surface area contributed by atoms with Gasteiger partial charge in [-0.2, -0.15) is 0 Å². The molecule has 0 radical (unpaired) electrons. The number of rotatable bonds is 9. The Kier molecular flexibility index (Phi) is 7.48. The van der Waals surface area contributed by atoms with E-state index in [1.807, 2.05) is 12.1 Å². The quantitative estimate of drug-likeness (QED) is 0.696. The largest absolute Gasteiger partial charge is 0.497 e. The molecule has 1 unspecified atom stereocenters. The Labute approximate surface area is 116 Å². The van der Waals surface area contributed by atoms with Gasteiger partial charge in [0.2, 0.25) is 0 Å². The van der Waals surface area contributed by atoms with E-state index in [1.165, 1.54) is 5.56 Å². The lowest BCUT2D eigenvalue weighted by Gasteiger charge is -2.25.